The van der Waals surface area contributed by atoms with Gasteiger partial charge in [0.25, 0.3) is 0 Å². The molecule has 3 aromatic carbocycles. The zero-order valence-electron chi connectivity index (χ0n) is 16.6. The minimum atomic E-state index is -0.129. The second-order valence-electron chi connectivity index (χ2n) is 6.94. The molecular formula is C25H22N2O3. The lowest BCUT2D eigenvalue weighted by molar-refractivity contribution is -0.115. The minimum Gasteiger partial charge on any atom is -0.507 e. The van der Waals surface area contributed by atoms with Gasteiger partial charge in [-0.05, 0) is 53.6 Å². The molecule has 30 heavy (non-hydrogen) atoms. The van der Waals surface area contributed by atoms with E-state index in [-0.39, 0.29) is 18.1 Å². The monoisotopic (exact) mass is 398 g/mol. The molecule has 0 radical (unpaired) electrons. The molecule has 4 rings (SSSR count). The number of aromatic nitrogens is 1. The van der Waals surface area contributed by atoms with Crippen LogP contribution in [0.4, 0.5) is 5.69 Å². The number of benzene rings is 3. The third kappa shape index (κ3) is 4.20. The van der Waals surface area contributed by atoms with Crippen LogP contribution in [-0.2, 0) is 11.2 Å². The van der Waals surface area contributed by atoms with Gasteiger partial charge in [-0.25, -0.2) is 0 Å². The molecule has 1 amide bonds. The highest BCUT2D eigenvalue weighted by Gasteiger charge is 2.12. The third-order valence-electron chi connectivity index (χ3n) is 4.88. The van der Waals surface area contributed by atoms with E-state index in [9.17, 15) is 9.90 Å². The Morgan fingerprint density at radius 3 is 2.63 bits per heavy atom. The van der Waals surface area contributed by atoms with Crippen molar-refractivity contribution in [1.29, 1.82) is 0 Å². The van der Waals surface area contributed by atoms with Crippen molar-refractivity contribution in [3.8, 4) is 33.9 Å². The lowest BCUT2D eigenvalue weighted by atomic mass is 9.99. The Labute approximate surface area is 175 Å². The largest absolute Gasteiger partial charge is 0.507 e. The van der Waals surface area contributed by atoms with Gasteiger partial charge < -0.3 is 20.1 Å². The van der Waals surface area contributed by atoms with Crippen LogP contribution >= 0.6 is 0 Å². The summed E-state index contributed by atoms with van der Waals surface area (Å²) in [6.07, 6.45) is 2.06. The second kappa shape index (κ2) is 8.57. The maximum atomic E-state index is 12.6. The van der Waals surface area contributed by atoms with Crippen LogP contribution in [0, 0.1) is 0 Å². The molecule has 0 aliphatic rings. The molecule has 0 spiro atoms. The van der Waals surface area contributed by atoms with Crippen molar-refractivity contribution in [2.45, 2.75) is 6.42 Å². The maximum Gasteiger partial charge on any atom is 0.228 e. The number of carbonyl (C=O) groups is 1. The summed E-state index contributed by atoms with van der Waals surface area (Å²) < 4.78 is 5.40. The molecule has 150 valence electrons. The molecule has 1 aromatic heterocycles. The summed E-state index contributed by atoms with van der Waals surface area (Å²) in [5.41, 5.74) is 4.93. The molecule has 5 nitrogen and oxygen atoms in total. The number of phenolic OH excluding ortho intramolecular Hbond substituents is 1. The van der Waals surface area contributed by atoms with Crippen molar-refractivity contribution in [2.75, 3.05) is 12.4 Å². The van der Waals surface area contributed by atoms with Crippen LogP contribution in [0.25, 0.3) is 22.4 Å². The van der Waals surface area contributed by atoms with Crippen LogP contribution in [-0.4, -0.2) is 23.1 Å². The third-order valence-corrected chi connectivity index (χ3v) is 4.88. The van der Waals surface area contributed by atoms with E-state index in [1.54, 1.807) is 19.2 Å². The number of carbonyl (C=O) groups excluding carboxylic acids is 1. The molecule has 5 heteroatoms. The SMILES string of the molecule is COc1ccccc1-c1cc(CC(=O)Nc2cccc(-c3ccc[nH]3)c2)ccc1O. The summed E-state index contributed by atoms with van der Waals surface area (Å²) in [6.45, 7) is 0. The number of anilines is 1. The van der Waals surface area contributed by atoms with Crippen LogP contribution < -0.4 is 10.1 Å². The Hall–Kier alpha value is -3.99. The summed E-state index contributed by atoms with van der Waals surface area (Å²) in [5.74, 6) is 0.674. The molecule has 0 bridgehead atoms. The summed E-state index contributed by atoms with van der Waals surface area (Å²) in [5, 5.41) is 13.3. The van der Waals surface area contributed by atoms with Gasteiger partial charge in [0.05, 0.1) is 13.5 Å². The molecule has 3 N–H and O–H groups in total. The number of aromatic hydroxyl groups is 1. The van der Waals surface area contributed by atoms with Crippen molar-refractivity contribution in [3.05, 3.63) is 90.6 Å². The molecule has 0 unspecified atom stereocenters. The first-order chi connectivity index (χ1) is 14.6. The topological polar surface area (TPSA) is 74.3 Å². The number of hydrogen-bond acceptors (Lipinski definition) is 3. The highest BCUT2D eigenvalue weighted by molar-refractivity contribution is 5.93. The average molecular weight is 398 g/mol. The Kier molecular flexibility index (Phi) is 5.52. The van der Waals surface area contributed by atoms with E-state index < -0.39 is 0 Å². The number of H-pyrrole nitrogens is 1. The van der Waals surface area contributed by atoms with Gasteiger partial charge in [-0.15, -0.1) is 0 Å². The van der Waals surface area contributed by atoms with Gasteiger partial charge in [-0.3, -0.25) is 4.79 Å². The highest BCUT2D eigenvalue weighted by atomic mass is 16.5. The molecule has 4 aromatic rings. The van der Waals surface area contributed by atoms with Crippen molar-refractivity contribution in [2.24, 2.45) is 0 Å². The predicted molar refractivity (Wildman–Crippen MR) is 119 cm³/mol. The van der Waals surface area contributed by atoms with Crippen LogP contribution in [0.1, 0.15) is 5.56 Å². The van der Waals surface area contributed by atoms with Crippen molar-refractivity contribution in [3.63, 3.8) is 0 Å². The fourth-order valence-corrected chi connectivity index (χ4v) is 3.44. The van der Waals surface area contributed by atoms with Crippen molar-refractivity contribution < 1.29 is 14.6 Å². The number of hydrogen-bond donors (Lipinski definition) is 3. The summed E-state index contributed by atoms with van der Waals surface area (Å²) in [7, 11) is 1.59. The van der Waals surface area contributed by atoms with Gasteiger partial charge in [0.15, 0.2) is 0 Å². The molecule has 0 fully saturated rings. The standard InChI is InChI=1S/C25H22N2O3/c1-30-24-10-3-2-8-20(24)21-14-17(11-12-23(21)28)15-25(29)27-19-7-4-6-18(16-19)22-9-5-13-26-22/h2-14,16,26,28H,15H2,1H3,(H,27,29). The number of para-hydroxylation sites is 1. The quantitative estimate of drug-likeness (QED) is 0.416. The van der Waals surface area contributed by atoms with Gasteiger partial charge in [0.2, 0.25) is 5.91 Å². The first-order valence-electron chi connectivity index (χ1n) is 9.63. The fourth-order valence-electron chi connectivity index (χ4n) is 3.44. The van der Waals surface area contributed by atoms with Crippen LogP contribution in [0.3, 0.4) is 0 Å². The van der Waals surface area contributed by atoms with Crippen molar-refractivity contribution >= 4 is 11.6 Å². The normalized spacial score (nSPS) is 10.6. The van der Waals surface area contributed by atoms with Gasteiger partial charge >= 0.3 is 0 Å². The number of rotatable bonds is 6. The first-order valence-corrected chi connectivity index (χ1v) is 9.63. The van der Waals surface area contributed by atoms with E-state index in [2.05, 4.69) is 10.3 Å². The Balaban J connectivity index is 1.52. The van der Waals surface area contributed by atoms with E-state index in [0.29, 0.717) is 11.3 Å². The average Bonchev–Trinajstić information content (AvgIpc) is 3.30. The predicted octanol–water partition coefficient (Wildman–Crippen LogP) is 5.24. The van der Waals surface area contributed by atoms with Crippen LogP contribution in [0.2, 0.25) is 0 Å². The number of ether oxygens (including phenoxy) is 1. The van der Waals surface area contributed by atoms with Gasteiger partial charge in [0, 0.05) is 28.7 Å². The first kappa shape index (κ1) is 19.3. The Morgan fingerprint density at radius 2 is 1.83 bits per heavy atom. The second-order valence-corrected chi connectivity index (χ2v) is 6.94. The molecule has 1 heterocycles. The van der Waals surface area contributed by atoms with E-state index in [1.165, 1.54) is 0 Å². The van der Waals surface area contributed by atoms with Gasteiger partial charge in [-0.1, -0.05) is 36.4 Å². The zero-order valence-corrected chi connectivity index (χ0v) is 16.6. The molecular weight excluding hydrogens is 376 g/mol. The molecule has 0 aliphatic heterocycles. The fraction of sp³-hybridized carbons (Fsp3) is 0.0800. The zero-order chi connectivity index (χ0) is 20.9. The van der Waals surface area contributed by atoms with Gasteiger partial charge in [0.1, 0.15) is 11.5 Å². The summed E-state index contributed by atoms with van der Waals surface area (Å²) >= 11 is 0. The number of phenols is 1. The van der Waals surface area contributed by atoms with E-state index in [1.807, 2.05) is 72.9 Å². The molecule has 0 atom stereocenters. The molecule has 0 saturated carbocycles. The van der Waals surface area contributed by atoms with E-state index in [0.717, 1.165) is 28.1 Å². The number of amides is 1. The molecule has 0 saturated heterocycles. The summed E-state index contributed by atoms with van der Waals surface area (Å²) in [6, 6.07) is 24.3. The van der Waals surface area contributed by atoms with Crippen LogP contribution in [0.15, 0.2) is 85.1 Å². The Morgan fingerprint density at radius 1 is 0.967 bits per heavy atom. The van der Waals surface area contributed by atoms with Gasteiger partial charge in [-0.2, -0.15) is 0 Å². The summed E-state index contributed by atoms with van der Waals surface area (Å²) in [4.78, 5) is 15.8. The Bertz CT molecular complexity index is 1170. The lowest BCUT2D eigenvalue weighted by Gasteiger charge is -2.12. The molecule has 0 aliphatic carbocycles. The van der Waals surface area contributed by atoms with E-state index in [4.69, 9.17) is 4.74 Å². The van der Waals surface area contributed by atoms with Crippen LogP contribution in [0.5, 0.6) is 11.5 Å². The number of methoxy groups -OCH3 is 1. The lowest BCUT2D eigenvalue weighted by Crippen LogP contribution is -2.14. The number of nitrogens with one attached hydrogen (secondary N) is 2. The number of aromatic amines is 1. The van der Waals surface area contributed by atoms with Crippen molar-refractivity contribution in [1.82, 2.24) is 4.98 Å². The minimum absolute atomic E-state index is 0.129. The highest BCUT2D eigenvalue weighted by Crippen LogP contribution is 2.36. The maximum absolute atomic E-state index is 12.6. The van der Waals surface area contributed by atoms with E-state index >= 15 is 0 Å². The smallest absolute Gasteiger partial charge is 0.228 e.